The number of carbonyl (C=O) groups is 1. The quantitative estimate of drug-likeness (QED) is 0.849. The van der Waals surface area contributed by atoms with Crippen molar-refractivity contribution < 1.29 is 4.79 Å². The summed E-state index contributed by atoms with van der Waals surface area (Å²) in [6, 6.07) is 6.58. The molecule has 0 spiro atoms. The fourth-order valence-electron chi connectivity index (χ4n) is 3.02. The van der Waals surface area contributed by atoms with Gasteiger partial charge in [-0.1, -0.05) is 0 Å². The van der Waals surface area contributed by atoms with Gasteiger partial charge < -0.3 is 4.90 Å². The highest BCUT2D eigenvalue weighted by Crippen LogP contribution is 2.23. The van der Waals surface area contributed by atoms with Gasteiger partial charge in [-0.15, -0.1) is 0 Å². The van der Waals surface area contributed by atoms with Crippen LogP contribution in [0.15, 0.2) is 41.4 Å². The molecule has 0 aromatic carbocycles. The number of pyridine rings is 1. The number of likely N-dealkylation sites (tertiary alicyclic amines) is 1. The van der Waals surface area contributed by atoms with Crippen molar-refractivity contribution in [3.8, 4) is 0 Å². The van der Waals surface area contributed by atoms with Crippen molar-refractivity contribution in [3.05, 3.63) is 52.5 Å². The molecule has 0 N–H and O–H groups in total. The van der Waals surface area contributed by atoms with Crippen molar-refractivity contribution in [2.45, 2.75) is 38.1 Å². The number of thiophene rings is 1. The highest BCUT2D eigenvalue weighted by atomic mass is 32.1. The second-order valence-electron chi connectivity index (χ2n) is 5.59. The largest absolute Gasteiger partial charge is 0.339 e. The average Bonchev–Trinajstić information content (AvgIpc) is 3.17. The number of hydrogen-bond donors (Lipinski definition) is 0. The van der Waals surface area contributed by atoms with E-state index in [4.69, 9.17) is 0 Å². The Morgan fingerprint density at radius 3 is 2.90 bits per heavy atom. The lowest BCUT2D eigenvalue weighted by molar-refractivity contribution is -0.131. The van der Waals surface area contributed by atoms with Crippen LogP contribution in [0.5, 0.6) is 0 Å². The minimum absolute atomic E-state index is 0.283. The number of nitrogens with zero attached hydrogens (tertiary/aromatic N) is 2. The van der Waals surface area contributed by atoms with Gasteiger partial charge in [-0.05, 0) is 65.8 Å². The maximum absolute atomic E-state index is 12.5. The average molecular weight is 300 g/mol. The Balaban J connectivity index is 1.56. The summed E-state index contributed by atoms with van der Waals surface area (Å²) in [6.07, 6.45) is 8.58. The van der Waals surface area contributed by atoms with Crippen LogP contribution in [0.3, 0.4) is 0 Å². The zero-order chi connectivity index (χ0) is 14.5. The van der Waals surface area contributed by atoms with Crippen LogP contribution in [0.2, 0.25) is 0 Å². The van der Waals surface area contributed by atoms with E-state index in [9.17, 15) is 4.79 Å². The minimum Gasteiger partial charge on any atom is -0.339 e. The number of amides is 1. The molecule has 1 saturated heterocycles. The van der Waals surface area contributed by atoms with E-state index in [1.54, 1.807) is 11.3 Å². The number of aryl methyl sites for hydroxylation is 1. The van der Waals surface area contributed by atoms with Gasteiger partial charge >= 0.3 is 0 Å². The van der Waals surface area contributed by atoms with E-state index < -0.39 is 0 Å². The van der Waals surface area contributed by atoms with Gasteiger partial charge in [-0.3, -0.25) is 9.78 Å². The van der Waals surface area contributed by atoms with E-state index in [2.05, 4.69) is 27.4 Å². The number of carbonyl (C=O) groups excluding carboxylic acids is 1. The van der Waals surface area contributed by atoms with E-state index in [1.165, 1.54) is 5.56 Å². The molecule has 1 atom stereocenters. The van der Waals surface area contributed by atoms with E-state index in [0.29, 0.717) is 12.5 Å². The van der Waals surface area contributed by atoms with Gasteiger partial charge in [-0.25, -0.2) is 0 Å². The molecule has 0 bridgehead atoms. The van der Waals surface area contributed by atoms with E-state index in [1.807, 2.05) is 23.8 Å². The van der Waals surface area contributed by atoms with Crippen molar-refractivity contribution in [1.82, 2.24) is 9.88 Å². The van der Waals surface area contributed by atoms with E-state index in [0.717, 1.165) is 37.8 Å². The highest BCUT2D eigenvalue weighted by Gasteiger charge is 2.28. The molecule has 0 saturated carbocycles. The molecule has 0 radical (unpaired) electrons. The summed E-state index contributed by atoms with van der Waals surface area (Å²) in [6.45, 7) is 0.921. The molecule has 1 amide bonds. The molecule has 1 aliphatic rings. The van der Waals surface area contributed by atoms with Crippen LogP contribution in [0, 0.1) is 0 Å². The zero-order valence-electron chi connectivity index (χ0n) is 12.1. The van der Waals surface area contributed by atoms with Gasteiger partial charge in [-0.2, -0.15) is 11.3 Å². The molecule has 1 fully saturated rings. The van der Waals surface area contributed by atoms with Gasteiger partial charge in [0, 0.05) is 25.0 Å². The molecular formula is C17H20N2OS. The van der Waals surface area contributed by atoms with Crippen LogP contribution in [-0.4, -0.2) is 28.4 Å². The van der Waals surface area contributed by atoms with Crippen LogP contribution >= 0.6 is 11.3 Å². The topological polar surface area (TPSA) is 33.2 Å². The lowest BCUT2D eigenvalue weighted by atomic mass is 10.0. The maximum Gasteiger partial charge on any atom is 0.227 e. The Hall–Kier alpha value is -1.68. The van der Waals surface area contributed by atoms with E-state index >= 15 is 0 Å². The molecule has 3 nitrogen and oxygen atoms in total. The van der Waals surface area contributed by atoms with E-state index in [-0.39, 0.29) is 5.91 Å². The standard InChI is InChI=1S/C17H20N2OS/c20-17(12-15-7-11-21-13-15)19-10-1-2-16(19)4-3-14-5-8-18-9-6-14/h5-9,11,13,16H,1-4,10,12H2/t16-/m1/s1. The molecule has 1 aliphatic heterocycles. The summed E-state index contributed by atoms with van der Waals surface area (Å²) < 4.78 is 0. The van der Waals surface area contributed by atoms with Crippen LogP contribution in [0.25, 0.3) is 0 Å². The first kappa shape index (κ1) is 14.3. The minimum atomic E-state index is 0.283. The van der Waals surface area contributed by atoms with Gasteiger partial charge in [0.2, 0.25) is 5.91 Å². The second kappa shape index (κ2) is 6.85. The normalized spacial score (nSPS) is 18.1. The SMILES string of the molecule is O=C(Cc1ccsc1)N1CCC[C@@H]1CCc1ccncc1. The third kappa shape index (κ3) is 3.70. The van der Waals surface area contributed by atoms with Crippen LogP contribution < -0.4 is 0 Å². The maximum atomic E-state index is 12.5. The molecule has 2 aromatic heterocycles. The Bertz CT molecular complexity index is 568. The highest BCUT2D eigenvalue weighted by molar-refractivity contribution is 7.07. The number of hydrogen-bond acceptors (Lipinski definition) is 3. The van der Waals surface area contributed by atoms with Crippen molar-refractivity contribution >= 4 is 17.2 Å². The molecule has 110 valence electrons. The monoisotopic (exact) mass is 300 g/mol. The molecular weight excluding hydrogens is 280 g/mol. The lowest BCUT2D eigenvalue weighted by Gasteiger charge is -2.24. The van der Waals surface area contributed by atoms with Gasteiger partial charge in [0.05, 0.1) is 6.42 Å². The zero-order valence-corrected chi connectivity index (χ0v) is 12.9. The smallest absolute Gasteiger partial charge is 0.227 e. The first-order valence-electron chi connectivity index (χ1n) is 7.52. The second-order valence-corrected chi connectivity index (χ2v) is 6.37. The van der Waals surface area contributed by atoms with Crippen LogP contribution in [0.1, 0.15) is 30.4 Å². The fourth-order valence-corrected chi connectivity index (χ4v) is 3.68. The number of rotatable bonds is 5. The Morgan fingerprint density at radius 1 is 1.29 bits per heavy atom. The summed E-state index contributed by atoms with van der Waals surface area (Å²) in [5.41, 5.74) is 2.45. The van der Waals surface area contributed by atoms with Crippen molar-refractivity contribution in [1.29, 1.82) is 0 Å². The Labute approximate surface area is 129 Å². The third-order valence-electron chi connectivity index (χ3n) is 4.15. The molecule has 2 aromatic rings. The van der Waals surface area contributed by atoms with Gasteiger partial charge in [0.15, 0.2) is 0 Å². The Kier molecular flexibility index (Phi) is 4.65. The molecule has 3 heterocycles. The molecule has 0 unspecified atom stereocenters. The summed E-state index contributed by atoms with van der Waals surface area (Å²) in [5, 5.41) is 4.10. The van der Waals surface area contributed by atoms with Gasteiger partial charge in [0.25, 0.3) is 0 Å². The van der Waals surface area contributed by atoms with Crippen molar-refractivity contribution in [2.24, 2.45) is 0 Å². The first-order chi connectivity index (χ1) is 10.3. The molecule has 0 aliphatic carbocycles. The van der Waals surface area contributed by atoms with Crippen LogP contribution in [0.4, 0.5) is 0 Å². The van der Waals surface area contributed by atoms with Crippen molar-refractivity contribution in [3.63, 3.8) is 0 Å². The summed E-state index contributed by atoms with van der Waals surface area (Å²) in [4.78, 5) is 18.6. The summed E-state index contributed by atoms with van der Waals surface area (Å²) in [5.74, 6) is 0.283. The predicted molar refractivity (Wildman–Crippen MR) is 85.3 cm³/mol. The lowest BCUT2D eigenvalue weighted by Crippen LogP contribution is -2.36. The van der Waals surface area contributed by atoms with Gasteiger partial charge in [0.1, 0.15) is 0 Å². The molecule has 3 rings (SSSR count). The van der Waals surface area contributed by atoms with Crippen molar-refractivity contribution in [2.75, 3.05) is 6.54 Å². The van der Waals surface area contributed by atoms with Crippen LogP contribution in [-0.2, 0) is 17.6 Å². The summed E-state index contributed by atoms with van der Waals surface area (Å²) in [7, 11) is 0. The summed E-state index contributed by atoms with van der Waals surface area (Å²) >= 11 is 1.66. The number of aromatic nitrogens is 1. The first-order valence-corrected chi connectivity index (χ1v) is 8.46. The Morgan fingerprint density at radius 2 is 2.14 bits per heavy atom. The third-order valence-corrected chi connectivity index (χ3v) is 4.88. The fraction of sp³-hybridized carbons (Fsp3) is 0.412. The molecule has 21 heavy (non-hydrogen) atoms. The molecule has 4 heteroatoms. The predicted octanol–water partition coefficient (Wildman–Crippen LogP) is 3.31.